The predicted octanol–water partition coefficient (Wildman–Crippen LogP) is -0.257. The van der Waals surface area contributed by atoms with E-state index in [1.165, 1.54) is 24.3 Å². The van der Waals surface area contributed by atoms with Crippen LogP contribution >= 0.6 is 0 Å². The highest BCUT2D eigenvalue weighted by Gasteiger charge is 2.25. The number of rotatable bonds is 5. The highest BCUT2D eigenvalue weighted by molar-refractivity contribution is 5.94. The summed E-state index contributed by atoms with van der Waals surface area (Å²) in [4.78, 5) is 34.5. The number of hydrogen-bond acceptors (Lipinski definition) is 3. The number of carbonyl (C=O) groups is 3. The summed E-state index contributed by atoms with van der Waals surface area (Å²) in [6, 6.07) is 4.19. The minimum absolute atomic E-state index is 0.195. The van der Waals surface area contributed by atoms with Crippen molar-refractivity contribution in [2.45, 2.75) is 12.5 Å². The fourth-order valence-electron chi connectivity index (χ4n) is 2.00. The summed E-state index contributed by atoms with van der Waals surface area (Å²) >= 11 is 0. The van der Waals surface area contributed by atoms with Crippen molar-refractivity contribution in [3.63, 3.8) is 0 Å². The van der Waals surface area contributed by atoms with Crippen LogP contribution in [0.25, 0.3) is 0 Å². The van der Waals surface area contributed by atoms with Crippen molar-refractivity contribution >= 4 is 17.8 Å². The van der Waals surface area contributed by atoms with Crippen molar-refractivity contribution in [1.29, 1.82) is 0 Å². The van der Waals surface area contributed by atoms with E-state index in [4.69, 9.17) is 0 Å². The normalized spacial score (nSPS) is 16.8. The zero-order valence-corrected chi connectivity index (χ0v) is 11.8. The Morgan fingerprint density at radius 2 is 1.86 bits per heavy atom. The molecule has 4 amide bonds. The molecule has 0 saturated carbocycles. The molecular formula is C14H17FN4O3. The second-order valence-corrected chi connectivity index (χ2v) is 4.80. The zero-order chi connectivity index (χ0) is 15.9. The molecule has 1 saturated heterocycles. The highest BCUT2D eigenvalue weighted by atomic mass is 19.1. The van der Waals surface area contributed by atoms with E-state index in [9.17, 15) is 18.8 Å². The third-order valence-corrected chi connectivity index (χ3v) is 3.16. The van der Waals surface area contributed by atoms with Gasteiger partial charge in [0, 0.05) is 25.2 Å². The van der Waals surface area contributed by atoms with Crippen LogP contribution in [-0.4, -0.2) is 43.5 Å². The van der Waals surface area contributed by atoms with Gasteiger partial charge >= 0.3 is 6.03 Å². The largest absolute Gasteiger partial charge is 0.354 e. The van der Waals surface area contributed by atoms with E-state index in [1.54, 1.807) is 0 Å². The highest BCUT2D eigenvalue weighted by Crippen LogP contribution is 2.02. The molecule has 22 heavy (non-hydrogen) atoms. The summed E-state index contributed by atoms with van der Waals surface area (Å²) in [5.74, 6) is -0.956. The SMILES string of the molecule is O=C(NCCNC(=O)c1ccc(F)cc1)NC1CCNC1=O. The number of nitrogens with one attached hydrogen (secondary N) is 4. The van der Waals surface area contributed by atoms with Crippen LogP contribution in [0.3, 0.4) is 0 Å². The number of carbonyl (C=O) groups excluding carboxylic acids is 3. The third kappa shape index (κ3) is 4.44. The number of amides is 4. The second-order valence-electron chi connectivity index (χ2n) is 4.80. The molecule has 0 bridgehead atoms. The molecule has 1 fully saturated rings. The molecule has 7 nitrogen and oxygen atoms in total. The van der Waals surface area contributed by atoms with Crippen LogP contribution in [0, 0.1) is 5.82 Å². The van der Waals surface area contributed by atoms with Crippen molar-refractivity contribution in [1.82, 2.24) is 21.3 Å². The predicted molar refractivity (Wildman–Crippen MR) is 76.7 cm³/mol. The van der Waals surface area contributed by atoms with Gasteiger partial charge < -0.3 is 21.3 Å². The monoisotopic (exact) mass is 308 g/mol. The molecule has 1 aromatic carbocycles. The number of hydrogen-bond donors (Lipinski definition) is 4. The van der Waals surface area contributed by atoms with Gasteiger partial charge in [0.2, 0.25) is 5.91 Å². The Labute approximate surface area is 126 Å². The van der Waals surface area contributed by atoms with Crippen LogP contribution in [0.5, 0.6) is 0 Å². The molecule has 0 aliphatic carbocycles. The van der Waals surface area contributed by atoms with Gasteiger partial charge in [-0.1, -0.05) is 0 Å². The summed E-state index contributed by atoms with van der Waals surface area (Å²) in [5.41, 5.74) is 0.341. The van der Waals surface area contributed by atoms with Gasteiger partial charge in [0.1, 0.15) is 11.9 Å². The van der Waals surface area contributed by atoms with Gasteiger partial charge in [0.15, 0.2) is 0 Å². The molecule has 4 N–H and O–H groups in total. The summed E-state index contributed by atoms with van der Waals surface area (Å²) in [6.07, 6.45) is 0.563. The lowest BCUT2D eigenvalue weighted by molar-refractivity contribution is -0.120. The lowest BCUT2D eigenvalue weighted by Gasteiger charge is -2.11. The van der Waals surface area contributed by atoms with E-state index in [0.29, 0.717) is 18.5 Å². The molecule has 2 rings (SSSR count). The molecule has 1 heterocycles. The van der Waals surface area contributed by atoms with E-state index in [0.717, 1.165) is 0 Å². The molecule has 1 atom stereocenters. The summed E-state index contributed by atoms with van der Waals surface area (Å²) in [7, 11) is 0. The average Bonchev–Trinajstić information content (AvgIpc) is 2.89. The lowest BCUT2D eigenvalue weighted by Crippen LogP contribution is -2.47. The Balaban J connectivity index is 1.64. The Morgan fingerprint density at radius 3 is 2.50 bits per heavy atom. The van der Waals surface area contributed by atoms with E-state index in [1.807, 2.05) is 0 Å². The maximum atomic E-state index is 12.7. The fourth-order valence-corrected chi connectivity index (χ4v) is 2.00. The Bertz CT molecular complexity index is 562. The molecule has 1 aliphatic heterocycles. The van der Waals surface area contributed by atoms with Crippen LogP contribution in [-0.2, 0) is 4.79 Å². The molecule has 0 radical (unpaired) electrons. The van der Waals surface area contributed by atoms with Crippen LogP contribution in [0.2, 0.25) is 0 Å². The molecule has 0 aromatic heterocycles. The minimum atomic E-state index is -0.506. The van der Waals surface area contributed by atoms with E-state index >= 15 is 0 Å². The van der Waals surface area contributed by atoms with E-state index in [2.05, 4.69) is 21.3 Å². The molecule has 0 spiro atoms. The van der Waals surface area contributed by atoms with Gasteiger partial charge in [-0.2, -0.15) is 0 Å². The van der Waals surface area contributed by atoms with E-state index < -0.39 is 17.9 Å². The average molecular weight is 308 g/mol. The molecule has 1 aliphatic rings. The van der Waals surface area contributed by atoms with Gasteiger partial charge in [-0.3, -0.25) is 9.59 Å². The van der Waals surface area contributed by atoms with Gasteiger partial charge in [0.05, 0.1) is 0 Å². The van der Waals surface area contributed by atoms with Gasteiger partial charge in [0.25, 0.3) is 5.91 Å². The van der Waals surface area contributed by atoms with Gasteiger partial charge in [-0.15, -0.1) is 0 Å². The van der Waals surface area contributed by atoms with Crippen LogP contribution < -0.4 is 21.3 Å². The van der Waals surface area contributed by atoms with Gasteiger partial charge in [-0.25, -0.2) is 9.18 Å². The summed E-state index contributed by atoms with van der Waals surface area (Å²) < 4.78 is 12.7. The summed E-state index contributed by atoms with van der Waals surface area (Å²) in [6.45, 7) is 0.991. The lowest BCUT2D eigenvalue weighted by atomic mass is 10.2. The molecular weight excluding hydrogens is 291 g/mol. The quantitative estimate of drug-likeness (QED) is 0.564. The van der Waals surface area contributed by atoms with Crippen molar-refractivity contribution in [3.05, 3.63) is 35.6 Å². The first-order valence-corrected chi connectivity index (χ1v) is 6.92. The summed E-state index contributed by atoms with van der Waals surface area (Å²) in [5, 5.41) is 10.3. The maximum Gasteiger partial charge on any atom is 0.315 e. The third-order valence-electron chi connectivity index (χ3n) is 3.16. The molecule has 1 unspecified atom stereocenters. The first-order chi connectivity index (χ1) is 10.6. The van der Waals surface area contributed by atoms with Crippen molar-refractivity contribution in [2.24, 2.45) is 0 Å². The molecule has 8 heteroatoms. The van der Waals surface area contributed by atoms with Crippen LogP contribution in [0.15, 0.2) is 24.3 Å². The van der Waals surface area contributed by atoms with Crippen LogP contribution in [0.1, 0.15) is 16.8 Å². The van der Waals surface area contributed by atoms with Crippen molar-refractivity contribution < 1.29 is 18.8 Å². The Morgan fingerprint density at radius 1 is 1.18 bits per heavy atom. The van der Waals surface area contributed by atoms with E-state index in [-0.39, 0.29) is 24.9 Å². The smallest absolute Gasteiger partial charge is 0.315 e. The first-order valence-electron chi connectivity index (χ1n) is 6.92. The fraction of sp³-hybridized carbons (Fsp3) is 0.357. The Hall–Kier alpha value is -2.64. The van der Waals surface area contributed by atoms with Crippen molar-refractivity contribution in [3.8, 4) is 0 Å². The number of urea groups is 1. The molecule has 1 aromatic rings. The topological polar surface area (TPSA) is 99.3 Å². The Kier molecular flexibility index (Phi) is 5.29. The number of halogens is 1. The zero-order valence-electron chi connectivity index (χ0n) is 11.8. The molecule has 118 valence electrons. The first kappa shape index (κ1) is 15.7. The minimum Gasteiger partial charge on any atom is -0.354 e. The van der Waals surface area contributed by atoms with Crippen LogP contribution in [0.4, 0.5) is 9.18 Å². The number of benzene rings is 1. The second kappa shape index (κ2) is 7.39. The van der Waals surface area contributed by atoms with Gasteiger partial charge in [-0.05, 0) is 30.7 Å². The van der Waals surface area contributed by atoms with Crippen molar-refractivity contribution in [2.75, 3.05) is 19.6 Å². The standard InChI is InChI=1S/C14H17FN4O3/c15-10-3-1-9(2-4-10)12(20)17-7-8-18-14(22)19-11-5-6-16-13(11)21/h1-4,11H,5-8H2,(H,16,21)(H,17,20)(H2,18,19,22). The maximum absolute atomic E-state index is 12.7.